The maximum atomic E-state index is 10.1. The van der Waals surface area contributed by atoms with Gasteiger partial charge in [0, 0.05) is 18.7 Å². The summed E-state index contributed by atoms with van der Waals surface area (Å²) in [5, 5.41) is 13.3. The summed E-state index contributed by atoms with van der Waals surface area (Å²) in [6.07, 6.45) is 1.53. The van der Waals surface area contributed by atoms with Crippen LogP contribution < -0.4 is 20.5 Å². The van der Waals surface area contributed by atoms with E-state index in [4.69, 9.17) is 15.2 Å². The Morgan fingerprint density at radius 1 is 1.15 bits per heavy atom. The fourth-order valence-corrected chi connectivity index (χ4v) is 2.26. The lowest BCUT2D eigenvalue weighted by Crippen LogP contribution is -2.27. The molecule has 1 aromatic carbocycles. The minimum absolute atomic E-state index is 0.295. The Morgan fingerprint density at radius 3 is 2.20 bits per heavy atom. The van der Waals surface area contributed by atoms with Crippen LogP contribution in [0, 0.1) is 5.92 Å². The molecular formula is C15H26N2O3. The third kappa shape index (κ3) is 3.93. The Morgan fingerprint density at radius 2 is 1.70 bits per heavy atom. The maximum Gasteiger partial charge on any atom is 0.162 e. The Balaban J connectivity index is 2.77. The van der Waals surface area contributed by atoms with Crippen LogP contribution in [-0.2, 0) is 0 Å². The van der Waals surface area contributed by atoms with Gasteiger partial charge < -0.3 is 25.6 Å². The van der Waals surface area contributed by atoms with E-state index in [9.17, 15) is 5.11 Å². The highest BCUT2D eigenvalue weighted by Crippen LogP contribution is 2.34. The van der Waals surface area contributed by atoms with Gasteiger partial charge in [0.2, 0.25) is 0 Å². The Kier molecular flexibility index (Phi) is 6.45. The number of nitrogen functional groups attached to an aromatic ring is 1. The molecular weight excluding hydrogens is 256 g/mol. The Labute approximate surface area is 121 Å². The monoisotopic (exact) mass is 282 g/mol. The van der Waals surface area contributed by atoms with Gasteiger partial charge in [-0.25, -0.2) is 0 Å². The first-order valence-corrected chi connectivity index (χ1v) is 7.00. The summed E-state index contributed by atoms with van der Waals surface area (Å²) in [5.74, 6) is 1.50. The minimum atomic E-state index is -0.391. The van der Waals surface area contributed by atoms with E-state index < -0.39 is 6.10 Å². The van der Waals surface area contributed by atoms with Gasteiger partial charge in [0.15, 0.2) is 11.5 Å². The van der Waals surface area contributed by atoms with E-state index in [1.54, 1.807) is 26.4 Å². The van der Waals surface area contributed by atoms with Crippen molar-refractivity contribution in [1.29, 1.82) is 0 Å². The summed E-state index contributed by atoms with van der Waals surface area (Å²) in [5.41, 5.74) is 7.28. The van der Waals surface area contributed by atoms with Gasteiger partial charge in [-0.2, -0.15) is 0 Å². The molecule has 1 rings (SSSR count). The summed E-state index contributed by atoms with van der Waals surface area (Å²) in [6, 6.07) is 3.50. The van der Waals surface area contributed by atoms with Crippen LogP contribution in [0.15, 0.2) is 12.1 Å². The molecule has 0 spiro atoms. The lowest BCUT2D eigenvalue weighted by molar-refractivity contribution is 0.114. The number of hydrogen-bond donors (Lipinski definition) is 3. The van der Waals surface area contributed by atoms with Crippen LogP contribution >= 0.6 is 0 Å². The van der Waals surface area contributed by atoms with Crippen LogP contribution in [0.1, 0.15) is 26.7 Å². The molecule has 4 N–H and O–H groups in total. The number of methoxy groups -OCH3 is 2. The van der Waals surface area contributed by atoms with Crippen molar-refractivity contribution in [1.82, 2.24) is 0 Å². The predicted octanol–water partition coefficient (Wildman–Crippen LogP) is 2.50. The third-order valence-corrected chi connectivity index (χ3v) is 3.65. The molecule has 5 nitrogen and oxygen atoms in total. The molecule has 114 valence electrons. The molecule has 0 fully saturated rings. The fourth-order valence-electron chi connectivity index (χ4n) is 2.26. The van der Waals surface area contributed by atoms with Crippen molar-refractivity contribution in [3.8, 4) is 11.5 Å². The third-order valence-electron chi connectivity index (χ3n) is 3.65. The predicted molar refractivity (Wildman–Crippen MR) is 82.5 cm³/mol. The van der Waals surface area contributed by atoms with Crippen molar-refractivity contribution >= 4 is 11.4 Å². The molecule has 20 heavy (non-hydrogen) atoms. The van der Waals surface area contributed by atoms with E-state index in [1.807, 2.05) is 0 Å². The molecule has 1 unspecified atom stereocenters. The highest BCUT2D eigenvalue weighted by atomic mass is 16.5. The number of hydrogen-bond acceptors (Lipinski definition) is 5. The fraction of sp³-hybridized carbons (Fsp3) is 0.600. The van der Waals surface area contributed by atoms with Crippen LogP contribution in [0.5, 0.6) is 11.5 Å². The van der Waals surface area contributed by atoms with E-state index in [1.165, 1.54) is 0 Å². The van der Waals surface area contributed by atoms with Crippen LogP contribution in [0.3, 0.4) is 0 Å². The topological polar surface area (TPSA) is 76.7 Å². The van der Waals surface area contributed by atoms with Gasteiger partial charge in [0.05, 0.1) is 31.7 Å². The van der Waals surface area contributed by atoms with E-state index >= 15 is 0 Å². The summed E-state index contributed by atoms with van der Waals surface area (Å²) in [6.45, 7) is 4.64. The molecule has 0 bridgehead atoms. The Hall–Kier alpha value is -1.62. The highest BCUT2D eigenvalue weighted by Gasteiger charge is 2.16. The standard InChI is InChI=1S/C15H26N2O3/c1-5-10(6-2)13(18)9-17-12-8-15(20-4)14(19-3)7-11(12)16/h7-8,10,13,17-18H,5-6,9,16H2,1-4H3. The molecule has 0 heterocycles. The second kappa shape index (κ2) is 7.85. The van der Waals surface area contributed by atoms with E-state index in [0.717, 1.165) is 18.5 Å². The van der Waals surface area contributed by atoms with Crippen molar-refractivity contribution in [2.75, 3.05) is 31.8 Å². The number of ether oxygens (including phenoxy) is 2. The summed E-state index contributed by atoms with van der Waals surface area (Å²) >= 11 is 0. The molecule has 0 saturated carbocycles. The largest absolute Gasteiger partial charge is 0.493 e. The number of aliphatic hydroxyl groups is 1. The van der Waals surface area contributed by atoms with E-state index in [-0.39, 0.29) is 0 Å². The van der Waals surface area contributed by atoms with Crippen LogP contribution in [0.4, 0.5) is 11.4 Å². The van der Waals surface area contributed by atoms with E-state index in [2.05, 4.69) is 19.2 Å². The average molecular weight is 282 g/mol. The zero-order chi connectivity index (χ0) is 15.1. The molecule has 0 radical (unpaired) electrons. The molecule has 0 aliphatic heterocycles. The lowest BCUT2D eigenvalue weighted by atomic mass is 9.96. The first kappa shape index (κ1) is 16.4. The average Bonchev–Trinajstić information content (AvgIpc) is 2.46. The van der Waals surface area contributed by atoms with Crippen LogP contribution in [0.2, 0.25) is 0 Å². The summed E-state index contributed by atoms with van der Waals surface area (Å²) in [7, 11) is 3.15. The number of nitrogens with two attached hydrogens (primary N) is 1. The quantitative estimate of drug-likeness (QED) is 0.639. The highest BCUT2D eigenvalue weighted by molar-refractivity contribution is 5.72. The maximum absolute atomic E-state index is 10.1. The van der Waals surface area contributed by atoms with Crippen molar-refractivity contribution in [3.05, 3.63) is 12.1 Å². The number of rotatable bonds is 8. The summed E-state index contributed by atoms with van der Waals surface area (Å²) < 4.78 is 10.4. The van der Waals surface area contributed by atoms with Crippen molar-refractivity contribution in [2.24, 2.45) is 5.92 Å². The number of benzene rings is 1. The zero-order valence-electron chi connectivity index (χ0n) is 12.8. The molecule has 0 amide bonds. The first-order valence-electron chi connectivity index (χ1n) is 7.00. The smallest absolute Gasteiger partial charge is 0.162 e. The second-order valence-corrected chi connectivity index (χ2v) is 4.82. The van der Waals surface area contributed by atoms with Crippen molar-refractivity contribution in [2.45, 2.75) is 32.8 Å². The molecule has 1 aromatic rings. The van der Waals surface area contributed by atoms with Gasteiger partial charge in [-0.05, 0) is 5.92 Å². The second-order valence-electron chi connectivity index (χ2n) is 4.82. The molecule has 0 aromatic heterocycles. The Bertz CT molecular complexity index is 420. The van der Waals surface area contributed by atoms with Gasteiger partial charge in [0.25, 0.3) is 0 Å². The van der Waals surface area contributed by atoms with Gasteiger partial charge in [-0.1, -0.05) is 26.7 Å². The van der Waals surface area contributed by atoms with Crippen LogP contribution in [-0.4, -0.2) is 32.0 Å². The molecule has 0 aliphatic carbocycles. The number of anilines is 2. The zero-order valence-corrected chi connectivity index (χ0v) is 12.8. The van der Waals surface area contributed by atoms with Crippen LogP contribution in [0.25, 0.3) is 0 Å². The van der Waals surface area contributed by atoms with Gasteiger partial charge >= 0.3 is 0 Å². The molecule has 5 heteroatoms. The van der Waals surface area contributed by atoms with Gasteiger partial charge in [-0.3, -0.25) is 0 Å². The SMILES string of the molecule is CCC(CC)C(O)CNc1cc(OC)c(OC)cc1N. The van der Waals surface area contributed by atoms with Crippen molar-refractivity contribution < 1.29 is 14.6 Å². The number of nitrogens with one attached hydrogen (secondary N) is 1. The molecule has 1 atom stereocenters. The lowest BCUT2D eigenvalue weighted by Gasteiger charge is -2.22. The summed E-state index contributed by atoms with van der Waals surface area (Å²) in [4.78, 5) is 0. The number of aliphatic hydroxyl groups excluding tert-OH is 1. The van der Waals surface area contributed by atoms with Crippen molar-refractivity contribution in [3.63, 3.8) is 0 Å². The minimum Gasteiger partial charge on any atom is -0.493 e. The first-order chi connectivity index (χ1) is 9.57. The normalized spacial score (nSPS) is 12.3. The van der Waals surface area contributed by atoms with Gasteiger partial charge in [0.1, 0.15) is 0 Å². The van der Waals surface area contributed by atoms with E-state index in [0.29, 0.717) is 29.6 Å². The van der Waals surface area contributed by atoms with Gasteiger partial charge in [-0.15, -0.1) is 0 Å². The molecule has 0 aliphatic rings. The molecule has 0 saturated heterocycles.